The number of hydrogen-bond donors (Lipinski definition) is 1. The van der Waals surface area contributed by atoms with Crippen molar-refractivity contribution in [1.82, 2.24) is 4.90 Å². The fraction of sp³-hybridized carbons (Fsp3) is 0.375. The first-order valence-electron chi connectivity index (χ1n) is 3.82. The molecule has 76 valence electrons. The number of rotatable bonds is 1. The predicted molar refractivity (Wildman–Crippen MR) is 44.1 cm³/mol. The summed E-state index contributed by atoms with van der Waals surface area (Å²) in [5.41, 5.74) is -0.470. The van der Waals surface area contributed by atoms with Crippen LogP contribution in [0.3, 0.4) is 0 Å². The summed E-state index contributed by atoms with van der Waals surface area (Å²) in [7, 11) is 1.09. The molecule has 0 saturated carbocycles. The molecule has 0 aliphatic carbocycles. The third-order valence-electron chi connectivity index (χ3n) is 1.83. The third kappa shape index (κ3) is 1.46. The molecule has 0 aromatic carbocycles. The summed E-state index contributed by atoms with van der Waals surface area (Å²) in [6.07, 6.45) is 0. The lowest BCUT2D eigenvalue weighted by Crippen LogP contribution is -2.33. The molecule has 2 amide bonds. The Balaban J connectivity index is 2.98. The summed E-state index contributed by atoms with van der Waals surface area (Å²) in [5, 5.41) is 9.24. The molecule has 0 fully saturated rings. The quantitative estimate of drug-likeness (QED) is 0.448. The monoisotopic (exact) mass is 199 g/mol. The number of ether oxygens (including phenoxy) is 1. The van der Waals surface area contributed by atoms with Crippen LogP contribution >= 0.6 is 0 Å². The first kappa shape index (κ1) is 10.2. The molecule has 1 rings (SSSR count). The van der Waals surface area contributed by atoms with Crippen molar-refractivity contribution in [3.63, 3.8) is 0 Å². The van der Waals surface area contributed by atoms with E-state index in [2.05, 4.69) is 4.74 Å². The SMILES string of the molecule is COC(=O)C1=C(O)CN(C(C)=O)C1=O. The maximum absolute atomic E-state index is 11.3. The van der Waals surface area contributed by atoms with E-state index in [0.717, 1.165) is 12.0 Å². The van der Waals surface area contributed by atoms with Gasteiger partial charge in [-0.3, -0.25) is 14.5 Å². The highest BCUT2D eigenvalue weighted by Gasteiger charge is 2.37. The molecule has 0 aromatic rings. The Hall–Kier alpha value is -1.85. The van der Waals surface area contributed by atoms with Gasteiger partial charge in [0.05, 0.1) is 13.7 Å². The van der Waals surface area contributed by atoms with Crippen molar-refractivity contribution < 1.29 is 24.2 Å². The molecule has 1 N–H and O–H groups in total. The number of hydrogen-bond acceptors (Lipinski definition) is 5. The van der Waals surface area contributed by atoms with E-state index < -0.39 is 29.1 Å². The van der Waals surface area contributed by atoms with Gasteiger partial charge in [0.1, 0.15) is 5.76 Å². The Labute approximate surface area is 79.8 Å². The molecular weight excluding hydrogens is 190 g/mol. The summed E-state index contributed by atoms with van der Waals surface area (Å²) < 4.78 is 4.29. The second kappa shape index (κ2) is 3.49. The van der Waals surface area contributed by atoms with E-state index in [-0.39, 0.29) is 6.54 Å². The van der Waals surface area contributed by atoms with Crippen molar-refractivity contribution in [2.45, 2.75) is 6.92 Å². The van der Waals surface area contributed by atoms with Crippen LogP contribution in [0.5, 0.6) is 0 Å². The molecule has 1 aliphatic rings. The largest absolute Gasteiger partial charge is 0.509 e. The highest BCUT2D eigenvalue weighted by molar-refractivity contribution is 6.21. The first-order valence-corrected chi connectivity index (χ1v) is 3.82. The van der Waals surface area contributed by atoms with E-state index >= 15 is 0 Å². The highest BCUT2D eigenvalue weighted by Crippen LogP contribution is 2.18. The van der Waals surface area contributed by atoms with Crippen molar-refractivity contribution in [2.24, 2.45) is 0 Å². The van der Waals surface area contributed by atoms with Crippen LogP contribution in [0.15, 0.2) is 11.3 Å². The molecular formula is C8H9NO5. The summed E-state index contributed by atoms with van der Waals surface area (Å²) in [4.78, 5) is 34.0. The van der Waals surface area contributed by atoms with Crippen molar-refractivity contribution in [1.29, 1.82) is 0 Å². The molecule has 0 aromatic heterocycles. The Bertz CT molecular complexity index is 344. The predicted octanol–water partition coefficient (Wildman–Crippen LogP) is -0.640. The standard InChI is InChI=1S/C8H9NO5/c1-4(10)9-3-5(11)6(7(9)12)8(13)14-2/h11H,3H2,1-2H3. The van der Waals surface area contributed by atoms with Gasteiger partial charge in [0.2, 0.25) is 5.91 Å². The van der Waals surface area contributed by atoms with Crippen LogP contribution in [0.25, 0.3) is 0 Å². The van der Waals surface area contributed by atoms with Gasteiger partial charge in [-0.2, -0.15) is 0 Å². The van der Waals surface area contributed by atoms with Crippen LogP contribution < -0.4 is 0 Å². The molecule has 0 bridgehead atoms. The van der Waals surface area contributed by atoms with Gasteiger partial charge in [0.25, 0.3) is 5.91 Å². The minimum atomic E-state index is -0.934. The Morgan fingerprint density at radius 3 is 2.43 bits per heavy atom. The van der Waals surface area contributed by atoms with Gasteiger partial charge >= 0.3 is 5.97 Å². The lowest BCUT2D eigenvalue weighted by molar-refractivity contribution is -0.142. The lowest BCUT2D eigenvalue weighted by Gasteiger charge is -2.09. The number of aliphatic hydroxyl groups is 1. The zero-order valence-electron chi connectivity index (χ0n) is 7.73. The van der Waals surface area contributed by atoms with Crippen LogP contribution in [0.1, 0.15) is 6.92 Å². The number of esters is 1. The Morgan fingerprint density at radius 2 is 2.07 bits per heavy atom. The molecule has 0 atom stereocenters. The van der Waals surface area contributed by atoms with Gasteiger partial charge in [-0.15, -0.1) is 0 Å². The summed E-state index contributed by atoms with van der Waals surface area (Å²) >= 11 is 0. The van der Waals surface area contributed by atoms with Gasteiger partial charge in [-0.25, -0.2) is 4.79 Å². The molecule has 0 saturated heterocycles. The molecule has 0 unspecified atom stereocenters. The second-order valence-electron chi connectivity index (χ2n) is 2.72. The molecule has 1 heterocycles. The van der Waals surface area contributed by atoms with E-state index in [4.69, 9.17) is 0 Å². The van der Waals surface area contributed by atoms with Gasteiger partial charge < -0.3 is 9.84 Å². The lowest BCUT2D eigenvalue weighted by atomic mass is 10.2. The fourth-order valence-electron chi connectivity index (χ4n) is 1.12. The molecule has 14 heavy (non-hydrogen) atoms. The van der Waals surface area contributed by atoms with E-state index in [0.29, 0.717) is 0 Å². The van der Waals surface area contributed by atoms with Crippen molar-refractivity contribution in [2.75, 3.05) is 13.7 Å². The number of carbonyl (C=O) groups excluding carboxylic acids is 3. The van der Waals surface area contributed by atoms with Crippen LogP contribution in [0.2, 0.25) is 0 Å². The van der Waals surface area contributed by atoms with E-state index in [1.54, 1.807) is 0 Å². The Morgan fingerprint density at radius 1 is 1.50 bits per heavy atom. The summed E-state index contributed by atoms with van der Waals surface area (Å²) in [6.45, 7) is 0.907. The molecule has 6 nitrogen and oxygen atoms in total. The van der Waals surface area contributed by atoms with Crippen molar-refractivity contribution in [3.05, 3.63) is 11.3 Å². The minimum Gasteiger partial charge on any atom is -0.509 e. The topological polar surface area (TPSA) is 83.9 Å². The third-order valence-corrected chi connectivity index (χ3v) is 1.83. The highest BCUT2D eigenvalue weighted by atomic mass is 16.5. The summed E-state index contributed by atoms with van der Waals surface area (Å²) in [6, 6.07) is 0. The minimum absolute atomic E-state index is 0.265. The Kier molecular flexibility index (Phi) is 2.55. The number of nitrogens with zero attached hydrogens (tertiary/aromatic N) is 1. The van der Waals surface area contributed by atoms with E-state index in [1.165, 1.54) is 6.92 Å². The normalized spacial score (nSPS) is 16.1. The van der Waals surface area contributed by atoms with Gasteiger partial charge in [0, 0.05) is 6.92 Å². The molecule has 0 spiro atoms. The summed E-state index contributed by atoms with van der Waals surface area (Å²) in [5.74, 6) is -2.71. The zero-order chi connectivity index (χ0) is 10.9. The fourth-order valence-corrected chi connectivity index (χ4v) is 1.12. The maximum Gasteiger partial charge on any atom is 0.347 e. The van der Waals surface area contributed by atoms with Crippen LogP contribution in [-0.2, 0) is 19.1 Å². The second-order valence-corrected chi connectivity index (χ2v) is 2.72. The molecule has 1 aliphatic heterocycles. The van der Waals surface area contributed by atoms with Gasteiger partial charge in [0.15, 0.2) is 5.57 Å². The number of imide groups is 1. The number of amides is 2. The zero-order valence-corrected chi connectivity index (χ0v) is 7.73. The van der Waals surface area contributed by atoms with Crippen LogP contribution in [-0.4, -0.2) is 41.4 Å². The molecule has 6 heteroatoms. The van der Waals surface area contributed by atoms with Crippen LogP contribution in [0, 0.1) is 0 Å². The van der Waals surface area contributed by atoms with Crippen molar-refractivity contribution >= 4 is 17.8 Å². The average molecular weight is 199 g/mol. The number of methoxy groups -OCH3 is 1. The maximum atomic E-state index is 11.3. The number of carbonyl (C=O) groups is 3. The van der Waals surface area contributed by atoms with Gasteiger partial charge in [-0.1, -0.05) is 0 Å². The van der Waals surface area contributed by atoms with Crippen molar-refractivity contribution in [3.8, 4) is 0 Å². The average Bonchev–Trinajstić information content (AvgIpc) is 2.41. The van der Waals surface area contributed by atoms with E-state index in [9.17, 15) is 19.5 Å². The first-order chi connectivity index (χ1) is 6.49. The van der Waals surface area contributed by atoms with E-state index in [1.807, 2.05) is 0 Å². The smallest absolute Gasteiger partial charge is 0.347 e. The molecule has 0 radical (unpaired) electrons. The number of aliphatic hydroxyl groups excluding tert-OH is 1. The van der Waals surface area contributed by atoms with Gasteiger partial charge in [-0.05, 0) is 0 Å². The van der Waals surface area contributed by atoms with Crippen LogP contribution in [0.4, 0.5) is 0 Å².